The van der Waals surface area contributed by atoms with Gasteiger partial charge in [0.15, 0.2) is 0 Å². The van der Waals surface area contributed by atoms with Crippen LogP contribution in [-0.4, -0.2) is 34.3 Å². The normalized spacial score (nSPS) is 10.6. The van der Waals surface area contributed by atoms with E-state index in [9.17, 15) is 0 Å². The van der Waals surface area contributed by atoms with Crippen LogP contribution < -0.4 is 15.0 Å². The maximum atomic E-state index is 5.61. The van der Waals surface area contributed by atoms with E-state index < -0.39 is 0 Å². The molecule has 1 aromatic rings. The van der Waals surface area contributed by atoms with Crippen LogP contribution in [0.2, 0.25) is 0 Å². The number of hydrogen-bond donors (Lipinski definition) is 1. The minimum absolute atomic E-state index is 0.947. The van der Waals surface area contributed by atoms with Gasteiger partial charge in [0.25, 0.3) is 0 Å². The lowest BCUT2D eigenvalue weighted by atomic mass is 10.0. The molecule has 1 N–H and O–H groups in total. The van der Waals surface area contributed by atoms with Gasteiger partial charge in [-0.05, 0) is 44.5 Å². The topological polar surface area (TPSA) is 24.5 Å². The molecule has 1 aromatic carbocycles. The Morgan fingerprint density at radius 1 is 1.17 bits per heavy atom. The third-order valence-corrected chi connectivity index (χ3v) is 4.60. The molecule has 0 fully saturated rings. The molecule has 0 aliphatic heterocycles. The van der Waals surface area contributed by atoms with Gasteiger partial charge in [-0.3, -0.25) is 0 Å². The van der Waals surface area contributed by atoms with Gasteiger partial charge >= 0.3 is 0 Å². The van der Waals surface area contributed by atoms with Crippen LogP contribution in [0.5, 0.6) is 5.75 Å². The molecule has 0 aromatic heterocycles. The van der Waals surface area contributed by atoms with E-state index in [0.29, 0.717) is 0 Å². The number of rotatable bonds is 5. The minimum Gasteiger partial charge on any atom is -0.494 e. The van der Waals surface area contributed by atoms with Crippen LogP contribution in [0.3, 0.4) is 0 Å². The zero-order chi connectivity index (χ0) is 13.9. The fourth-order valence-corrected chi connectivity index (χ4v) is 2.65. The predicted octanol–water partition coefficient (Wildman–Crippen LogP) is 3.04. The first kappa shape index (κ1) is 15.3. The second-order valence-corrected chi connectivity index (χ2v) is 5.39. The third-order valence-electron chi connectivity index (χ3n) is 3.41. The monoisotopic (exact) mass is 314 g/mol. The lowest BCUT2D eigenvalue weighted by Crippen LogP contribution is -2.28. The average Bonchev–Trinajstić information content (AvgIpc) is 2.37. The van der Waals surface area contributed by atoms with Gasteiger partial charge in [-0.25, -0.2) is 0 Å². The molecule has 1 rings (SSSR count). The number of likely N-dealkylation sites (N-methyl/N-ethyl adjacent to an activating group) is 2. The van der Waals surface area contributed by atoms with Gasteiger partial charge in [0.2, 0.25) is 0 Å². The van der Waals surface area contributed by atoms with Gasteiger partial charge in [-0.1, -0.05) is 15.9 Å². The molecular weight excluding hydrogens is 292 g/mol. The SMILES string of the molecule is CNCCN(C)c1c(C)c(Br)c(C)c(C)c1OC. The molecular formula is C14H23BrN2O. The summed E-state index contributed by atoms with van der Waals surface area (Å²) in [7, 11) is 5.81. The second-order valence-electron chi connectivity index (χ2n) is 4.60. The summed E-state index contributed by atoms with van der Waals surface area (Å²) in [6.07, 6.45) is 0. The number of nitrogens with zero attached hydrogens (tertiary/aromatic N) is 1. The van der Waals surface area contributed by atoms with E-state index in [1.54, 1.807) is 7.11 Å². The Kier molecular flexibility index (Phi) is 5.47. The van der Waals surface area contributed by atoms with Crippen LogP contribution in [-0.2, 0) is 0 Å². The van der Waals surface area contributed by atoms with Crippen molar-refractivity contribution in [2.75, 3.05) is 39.2 Å². The largest absolute Gasteiger partial charge is 0.494 e. The highest BCUT2D eigenvalue weighted by atomic mass is 79.9. The molecule has 0 amide bonds. The fraction of sp³-hybridized carbons (Fsp3) is 0.571. The summed E-state index contributed by atoms with van der Waals surface area (Å²) >= 11 is 3.68. The predicted molar refractivity (Wildman–Crippen MR) is 82.1 cm³/mol. The summed E-state index contributed by atoms with van der Waals surface area (Å²) in [4.78, 5) is 2.24. The molecule has 0 aliphatic rings. The van der Waals surface area contributed by atoms with Crippen molar-refractivity contribution in [3.05, 3.63) is 21.2 Å². The summed E-state index contributed by atoms with van der Waals surface area (Å²) in [6, 6.07) is 0. The van der Waals surface area contributed by atoms with Crippen molar-refractivity contribution in [1.29, 1.82) is 0 Å². The quantitative estimate of drug-likeness (QED) is 0.904. The van der Waals surface area contributed by atoms with Gasteiger partial charge in [0.1, 0.15) is 5.75 Å². The molecule has 0 heterocycles. The van der Waals surface area contributed by atoms with E-state index in [2.05, 4.69) is 54.0 Å². The number of benzene rings is 1. The summed E-state index contributed by atoms with van der Waals surface area (Å²) < 4.78 is 6.78. The molecule has 0 bridgehead atoms. The van der Waals surface area contributed by atoms with Crippen molar-refractivity contribution in [3.8, 4) is 5.75 Å². The highest BCUT2D eigenvalue weighted by Gasteiger charge is 2.19. The first-order valence-corrected chi connectivity index (χ1v) is 6.93. The molecule has 0 unspecified atom stereocenters. The zero-order valence-corrected chi connectivity index (χ0v) is 13.7. The number of halogens is 1. The average molecular weight is 315 g/mol. The summed E-state index contributed by atoms with van der Waals surface area (Å²) in [5, 5.41) is 3.17. The van der Waals surface area contributed by atoms with E-state index >= 15 is 0 Å². The summed E-state index contributed by atoms with van der Waals surface area (Å²) in [6.45, 7) is 8.25. The number of anilines is 1. The molecule has 0 spiro atoms. The van der Waals surface area contributed by atoms with E-state index in [-0.39, 0.29) is 0 Å². The van der Waals surface area contributed by atoms with Crippen molar-refractivity contribution < 1.29 is 4.74 Å². The second kappa shape index (κ2) is 6.43. The lowest BCUT2D eigenvalue weighted by Gasteiger charge is -2.27. The molecule has 0 saturated heterocycles. The van der Waals surface area contributed by atoms with Gasteiger partial charge < -0.3 is 15.0 Å². The lowest BCUT2D eigenvalue weighted by molar-refractivity contribution is 0.411. The van der Waals surface area contributed by atoms with Crippen LogP contribution >= 0.6 is 15.9 Å². The Balaban J connectivity index is 3.32. The number of methoxy groups -OCH3 is 1. The summed E-state index contributed by atoms with van der Waals surface area (Å²) in [5.74, 6) is 0.979. The van der Waals surface area contributed by atoms with Crippen LogP contribution in [0.15, 0.2) is 4.47 Å². The summed E-state index contributed by atoms with van der Waals surface area (Å²) in [5.41, 5.74) is 4.84. The van der Waals surface area contributed by atoms with Crippen LogP contribution in [0, 0.1) is 20.8 Å². The van der Waals surface area contributed by atoms with Gasteiger partial charge in [0, 0.05) is 24.6 Å². The van der Waals surface area contributed by atoms with E-state index in [4.69, 9.17) is 4.74 Å². The van der Waals surface area contributed by atoms with Crippen molar-refractivity contribution >= 4 is 21.6 Å². The van der Waals surface area contributed by atoms with Crippen LogP contribution in [0.25, 0.3) is 0 Å². The van der Waals surface area contributed by atoms with Gasteiger partial charge in [-0.2, -0.15) is 0 Å². The molecule has 0 atom stereocenters. The van der Waals surface area contributed by atoms with Crippen molar-refractivity contribution in [2.24, 2.45) is 0 Å². The first-order chi connectivity index (χ1) is 8.45. The third kappa shape index (κ3) is 2.81. The fourth-order valence-electron chi connectivity index (χ4n) is 2.17. The number of hydrogen-bond acceptors (Lipinski definition) is 3. The Labute approximate surface area is 119 Å². The molecule has 3 nitrogen and oxygen atoms in total. The highest BCUT2D eigenvalue weighted by molar-refractivity contribution is 9.10. The highest BCUT2D eigenvalue weighted by Crippen LogP contribution is 2.41. The smallest absolute Gasteiger partial charge is 0.145 e. The van der Waals surface area contributed by atoms with Gasteiger partial charge in [-0.15, -0.1) is 0 Å². The van der Waals surface area contributed by atoms with Crippen LogP contribution in [0.1, 0.15) is 16.7 Å². The standard InChI is InChI=1S/C14H23BrN2O/c1-9-10(2)14(18-6)13(11(3)12(9)15)17(5)8-7-16-4/h16H,7-8H2,1-6H3. The Bertz CT molecular complexity index is 433. The number of ether oxygens (including phenoxy) is 1. The molecule has 4 heteroatoms. The molecule has 18 heavy (non-hydrogen) atoms. The Morgan fingerprint density at radius 3 is 2.28 bits per heavy atom. The van der Waals surface area contributed by atoms with E-state index in [0.717, 1.165) is 18.8 Å². The molecule has 102 valence electrons. The molecule has 0 radical (unpaired) electrons. The van der Waals surface area contributed by atoms with E-state index in [1.165, 1.54) is 26.9 Å². The van der Waals surface area contributed by atoms with E-state index in [1.807, 2.05) is 7.05 Å². The minimum atomic E-state index is 0.947. The van der Waals surface area contributed by atoms with Crippen molar-refractivity contribution in [1.82, 2.24) is 5.32 Å². The van der Waals surface area contributed by atoms with Crippen LogP contribution in [0.4, 0.5) is 5.69 Å². The molecule has 0 aliphatic carbocycles. The van der Waals surface area contributed by atoms with Crippen molar-refractivity contribution in [3.63, 3.8) is 0 Å². The molecule has 0 saturated carbocycles. The van der Waals surface area contributed by atoms with Gasteiger partial charge in [0.05, 0.1) is 12.8 Å². The zero-order valence-electron chi connectivity index (χ0n) is 12.1. The van der Waals surface area contributed by atoms with Crippen molar-refractivity contribution in [2.45, 2.75) is 20.8 Å². The first-order valence-electron chi connectivity index (χ1n) is 6.14. The Hall–Kier alpha value is -0.740. The Morgan fingerprint density at radius 2 is 1.78 bits per heavy atom. The maximum absolute atomic E-state index is 5.61. The maximum Gasteiger partial charge on any atom is 0.145 e. The number of nitrogens with one attached hydrogen (secondary N) is 1.